The minimum atomic E-state index is 0.141. The van der Waals surface area contributed by atoms with Crippen molar-refractivity contribution in [2.45, 2.75) is 12.1 Å². The summed E-state index contributed by atoms with van der Waals surface area (Å²) in [7, 11) is 0. The molecule has 0 aromatic carbocycles. The van der Waals surface area contributed by atoms with Crippen LogP contribution < -0.4 is 5.32 Å². The van der Waals surface area contributed by atoms with E-state index in [-0.39, 0.29) is 12.1 Å². The zero-order valence-electron chi connectivity index (χ0n) is 13.0. The Balaban J connectivity index is 1.58. The van der Waals surface area contributed by atoms with Gasteiger partial charge < -0.3 is 10.3 Å². The summed E-state index contributed by atoms with van der Waals surface area (Å²) in [4.78, 5) is 12.8. The maximum Gasteiger partial charge on any atom is 0.0928 e. The highest BCUT2D eigenvalue weighted by Gasteiger charge is 2.22. The predicted molar refractivity (Wildman–Crippen MR) is 98.1 cm³/mol. The van der Waals surface area contributed by atoms with Crippen LogP contribution in [0.15, 0.2) is 88.2 Å². The van der Waals surface area contributed by atoms with Crippen LogP contribution in [-0.2, 0) is 0 Å². The summed E-state index contributed by atoms with van der Waals surface area (Å²) in [6.45, 7) is 0. The SMILES string of the molecule is C1=CC2N=C1/C=C\c1ccc([nH]1)C1=N/C(=C\C=C3\C=CC2N3)C=C1. The molecular weight excluding hydrogens is 296 g/mol. The van der Waals surface area contributed by atoms with Gasteiger partial charge in [0.05, 0.1) is 34.9 Å². The Morgan fingerprint density at radius 1 is 0.875 bits per heavy atom. The Kier molecular flexibility index (Phi) is 2.88. The molecule has 0 spiro atoms. The smallest absolute Gasteiger partial charge is 0.0928 e. The van der Waals surface area contributed by atoms with Gasteiger partial charge >= 0.3 is 0 Å². The molecule has 4 heteroatoms. The molecule has 5 rings (SSSR count). The van der Waals surface area contributed by atoms with Crippen molar-refractivity contribution >= 4 is 17.5 Å². The lowest BCUT2D eigenvalue weighted by Crippen LogP contribution is -2.30. The van der Waals surface area contributed by atoms with Crippen LogP contribution in [0.2, 0.25) is 0 Å². The van der Waals surface area contributed by atoms with Crippen LogP contribution in [-0.4, -0.2) is 28.5 Å². The fourth-order valence-electron chi connectivity index (χ4n) is 3.18. The van der Waals surface area contributed by atoms with Crippen LogP contribution in [0.1, 0.15) is 11.4 Å². The second-order valence-electron chi connectivity index (χ2n) is 6.14. The maximum atomic E-state index is 4.78. The van der Waals surface area contributed by atoms with Gasteiger partial charge in [0.25, 0.3) is 0 Å². The van der Waals surface area contributed by atoms with Crippen molar-refractivity contribution in [3.8, 4) is 0 Å². The summed E-state index contributed by atoms with van der Waals surface area (Å²) in [5.74, 6) is 0. The Morgan fingerprint density at radius 2 is 1.88 bits per heavy atom. The first-order valence-electron chi connectivity index (χ1n) is 8.10. The molecule has 116 valence electrons. The van der Waals surface area contributed by atoms with Gasteiger partial charge in [0.15, 0.2) is 0 Å². The quantitative estimate of drug-likeness (QED) is 0.760. The molecule has 1 aromatic heterocycles. The number of fused-ring (bicyclic) bond motifs is 8. The molecule has 1 aromatic rings. The maximum absolute atomic E-state index is 4.78. The highest BCUT2D eigenvalue weighted by molar-refractivity contribution is 6.10. The van der Waals surface area contributed by atoms with Gasteiger partial charge in [-0.15, -0.1) is 0 Å². The number of hydrogen-bond acceptors (Lipinski definition) is 3. The van der Waals surface area contributed by atoms with E-state index in [0.29, 0.717) is 0 Å². The lowest BCUT2D eigenvalue weighted by Gasteiger charge is -2.14. The van der Waals surface area contributed by atoms with Crippen LogP contribution in [0.5, 0.6) is 0 Å². The second-order valence-corrected chi connectivity index (χ2v) is 6.14. The molecule has 2 N–H and O–H groups in total. The molecule has 0 amide bonds. The molecule has 4 aliphatic heterocycles. The highest BCUT2D eigenvalue weighted by atomic mass is 15.0. The third-order valence-electron chi connectivity index (χ3n) is 4.46. The van der Waals surface area contributed by atoms with Crippen molar-refractivity contribution in [1.29, 1.82) is 0 Å². The molecule has 0 fully saturated rings. The number of rotatable bonds is 0. The van der Waals surface area contributed by atoms with Crippen molar-refractivity contribution in [2.24, 2.45) is 9.98 Å². The summed E-state index contributed by atoms with van der Waals surface area (Å²) in [5, 5.41) is 3.50. The second kappa shape index (κ2) is 5.20. The Hall–Kier alpha value is -3.14. The Labute approximate surface area is 140 Å². The first kappa shape index (κ1) is 13.3. The van der Waals surface area contributed by atoms with Crippen molar-refractivity contribution in [1.82, 2.24) is 10.3 Å². The molecule has 0 radical (unpaired) electrons. The van der Waals surface area contributed by atoms with Crippen LogP contribution >= 0.6 is 0 Å². The van der Waals surface area contributed by atoms with E-state index >= 15 is 0 Å². The van der Waals surface area contributed by atoms with Gasteiger partial charge in [0, 0.05) is 11.4 Å². The normalized spacial score (nSPS) is 31.8. The van der Waals surface area contributed by atoms with Gasteiger partial charge in [-0.25, -0.2) is 4.99 Å². The first-order valence-corrected chi connectivity index (χ1v) is 8.10. The molecule has 0 saturated carbocycles. The van der Waals surface area contributed by atoms with E-state index in [0.717, 1.165) is 34.2 Å². The molecule has 2 unspecified atom stereocenters. The van der Waals surface area contributed by atoms with Crippen LogP contribution in [0.25, 0.3) is 6.08 Å². The van der Waals surface area contributed by atoms with E-state index in [4.69, 9.17) is 4.99 Å². The number of hydrogen-bond donors (Lipinski definition) is 2. The average molecular weight is 312 g/mol. The molecule has 24 heavy (non-hydrogen) atoms. The van der Waals surface area contributed by atoms with E-state index in [1.54, 1.807) is 0 Å². The summed E-state index contributed by atoms with van der Waals surface area (Å²) in [6.07, 6.45) is 20.8. The van der Waals surface area contributed by atoms with Gasteiger partial charge in [0.2, 0.25) is 0 Å². The zero-order valence-corrected chi connectivity index (χ0v) is 13.0. The molecule has 0 aliphatic carbocycles. The molecule has 8 bridgehead atoms. The minimum absolute atomic E-state index is 0.141. The Bertz CT molecular complexity index is 944. The number of nitrogens with zero attached hydrogens (tertiary/aromatic N) is 2. The van der Waals surface area contributed by atoms with Crippen molar-refractivity contribution < 1.29 is 0 Å². The number of nitrogens with one attached hydrogen (secondary N) is 2. The number of aromatic nitrogens is 1. The lowest BCUT2D eigenvalue weighted by atomic mass is 10.1. The van der Waals surface area contributed by atoms with Gasteiger partial charge in [-0.05, 0) is 60.7 Å². The number of H-pyrrole nitrogens is 1. The van der Waals surface area contributed by atoms with Gasteiger partial charge in [-0.1, -0.05) is 12.2 Å². The van der Waals surface area contributed by atoms with Crippen molar-refractivity contribution in [3.05, 3.63) is 89.6 Å². The summed E-state index contributed by atoms with van der Waals surface area (Å²) >= 11 is 0. The highest BCUT2D eigenvalue weighted by Crippen LogP contribution is 2.20. The molecule has 0 saturated heterocycles. The van der Waals surface area contributed by atoms with Gasteiger partial charge in [-0.3, -0.25) is 4.99 Å². The third-order valence-corrected chi connectivity index (χ3v) is 4.46. The van der Waals surface area contributed by atoms with Crippen LogP contribution in [0.3, 0.4) is 0 Å². The molecule has 4 aliphatic rings. The molecule has 4 nitrogen and oxygen atoms in total. The van der Waals surface area contributed by atoms with Crippen LogP contribution in [0.4, 0.5) is 0 Å². The number of aliphatic imine (C=N–C) groups is 2. The molecule has 2 atom stereocenters. The summed E-state index contributed by atoms with van der Waals surface area (Å²) in [5.41, 5.74) is 6.07. The van der Waals surface area contributed by atoms with Crippen LogP contribution in [0, 0.1) is 0 Å². The standard InChI is InChI=1S/C20H16N4/c1-2-14-6-10-19(22-14)20-12-8-16(24-20)4-3-15-7-11-18(23-15)17-9-5-13(1)21-17/h1-12,17-18,21,24H/b4-3-,13-1-,14-2-. The third kappa shape index (κ3) is 2.33. The Morgan fingerprint density at radius 3 is 2.88 bits per heavy atom. The van der Waals surface area contributed by atoms with E-state index in [2.05, 4.69) is 63.9 Å². The zero-order chi connectivity index (χ0) is 15.9. The minimum Gasteiger partial charge on any atom is -0.376 e. The van der Waals surface area contributed by atoms with Gasteiger partial charge in [-0.2, -0.15) is 0 Å². The number of aromatic amines is 1. The lowest BCUT2D eigenvalue weighted by molar-refractivity contribution is 0.639. The first-order chi connectivity index (χ1) is 11.8. The average Bonchev–Trinajstić information content (AvgIpc) is 3.37. The largest absolute Gasteiger partial charge is 0.376 e. The summed E-state index contributed by atoms with van der Waals surface area (Å²) < 4.78 is 0. The molecular formula is C20H16N4. The fraction of sp³-hybridized carbons (Fsp3) is 0.100. The van der Waals surface area contributed by atoms with E-state index < -0.39 is 0 Å². The van der Waals surface area contributed by atoms with Crippen molar-refractivity contribution in [2.75, 3.05) is 0 Å². The van der Waals surface area contributed by atoms with Gasteiger partial charge in [0.1, 0.15) is 0 Å². The topological polar surface area (TPSA) is 52.5 Å². The van der Waals surface area contributed by atoms with E-state index in [9.17, 15) is 0 Å². The summed E-state index contributed by atoms with van der Waals surface area (Å²) in [6, 6.07) is 4.47. The van der Waals surface area contributed by atoms with E-state index in [1.165, 1.54) is 0 Å². The monoisotopic (exact) mass is 312 g/mol. The predicted octanol–water partition coefficient (Wildman–Crippen LogP) is 3.08. The fourth-order valence-corrected chi connectivity index (χ4v) is 3.18. The van der Waals surface area contributed by atoms with E-state index in [1.807, 2.05) is 24.3 Å². The molecule has 5 heterocycles. The number of allylic oxidation sites excluding steroid dienone is 7. The van der Waals surface area contributed by atoms with Crippen molar-refractivity contribution in [3.63, 3.8) is 0 Å².